The molecule has 4 nitrogen and oxygen atoms in total. The standard InChI is InChI=1S/C13H20FN3OS/c1-9-10(2)19-13(15-9)17-5-3-16(4-6-17)12-8-18-7-11(12)14/h11-12H,3-8H2,1-2H3/t11-,12-/m1/s1. The summed E-state index contributed by atoms with van der Waals surface area (Å²) < 4.78 is 18.9. The minimum absolute atomic E-state index is 0.0399. The van der Waals surface area contributed by atoms with E-state index in [1.54, 1.807) is 11.3 Å². The molecule has 3 heterocycles. The minimum Gasteiger partial charge on any atom is -0.377 e. The van der Waals surface area contributed by atoms with E-state index in [9.17, 15) is 4.39 Å². The van der Waals surface area contributed by atoms with E-state index >= 15 is 0 Å². The molecule has 19 heavy (non-hydrogen) atoms. The molecule has 0 amide bonds. The molecule has 2 atom stereocenters. The molecule has 106 valence electrons. The van der Waals surface area contributed by atoms with E-state index in [4.69, 9.17) is 4.74 Å². The molecule has 3 rings (SSSR count). The molecule has 0 aromatic carbocycles. The Labute approximate surface area is 117 Å². The summed E-state index contributed by atoms with van der Waals surface area (Å²) in [5.74, 6) is 0. The number of halogens is 1. The molecule has 2 aliphatic rings. The first kappa shape index (κ1) is 13.3. The minimum atomic E-state index is -0.823. The van der Waals surface area contributed by atoms with Crippen molar-refractivity contribution in [2.24, 2.45) is 0 Å². The molecule has 0 aliphatic carbocycles. The zero-order chi connectivity index (χ0) is 13.4. The van der Waals surface area contributed by atoms with Gasteiger partial charge in [-0.2, -0.15) is 0 Å². The maximum absolute atomic E-state index is 13.7. The Morgan fingerprint density at radius 3 is 2.47 bits per heavy atom. The van der Waals surface area contributed by atoms with E-state index in [1.807, 2.05) is 0 Å². The van der Waals surface area contributed by atoms with Crippen molar-refractivity contribution in [2.45, 2.75) is 26.1 Å². The predicted octanol–water partition coefficient (Wildman–Crippen LogP) is 1.62. The molecule has 2 saturated heterocycles. The van der Waals surface area contributed by atoms with E-state index in [1.165, 1.54) is 4.88 Å². The van der Waals surface area contributed by atoms with Gasteiger partial charge in [-0.3, -0.25) is 4.90 Å². The number of nitrogens with zero attached hydrogens (tertiary/aromatic N) is 3. The number of hydrogen-bond acceptors (Lipinski definition) is 5. The molecule has 2 fully saturated rings. The van der Waals surface area contributed by atoms with Crippen molar-refractivity contribution >= 4 is 16.5 Å². The lowest BCUT2D eigenvalue weighted by atomic mass is 10.1. The fourth-order valence-electron chi connectivity index (χ4n) is 2.69. The third-order valence-corrected chi connectivity index (χ3v) is 5.19. The van der Waals surface area contributed by atoms with Gasteiger partial charge in [-0.25, -0.2) is 9.37 Å². The van der Waals surface area contributed by atoms with Crippen molar-refractivity contribution < 1.29 is 9.13 Å². The van der Waals surface area contributed by atoms with Crippen LogP contribution in [0.25, 0.3) is 0 Å². The SMILES string of the molecule is Cc1nc(N2CCN([C@@H]3COC[C@H]3F)CC2)sc1C. The second kappa shape index (κ2) is 5.34. The smallest absolute Gasteiger partial charge is 0.185 e. The van der Waals surface area contributed by atoms with Crippen LogP contribution in [-0.2, 0) is 4.74 Å². The summed E-state index contributed by atoms with van der Waals surface area (Å²) in [5, 5.41) is 1.11. The first-order valence-electron chi connectivity index (χ1n) is 6.80. The lowest BCUT2D eigenvalue weighted by molar-refractivity contribution is 0.127. The molecule has 0 radical (unpaired) electrons. The maximum atomic E-state index is 13.7. The molecule has 0 spiro atoms. The molecule has 2 aliphatic heterocycles. The molecule has 0 saturated carbocycles. The van der Waals surface area contributed by atoms with Crippen molar-refractivity contribution in [3.8, 4) is 0 Å². The largest absolute Gasteiger partial charge is 0.377 e. The third-order valence-electron chi connectivity index (χ3n) is 4.05. The fraction of sp³-hybridized carbons (Fsp3) is 0.769. The molecular formula is C13H20FN3OS. The van der Waals surface area contributed by atoms with Gasteiger partial charge in [-0.05, 0) is 13.8 Å². The monoisotopic (exact) mass is 285 g/mol. The van der Waals surface area contributed by atoms with Crippen LogP contribution in [0.4, 0.5) is 9.52 Å². The number of piperazine rings is 1. The van der Waals surface area contributed by atoms with Gasteiger partial charge in [0, 0.05) is 31.1 Å². The van der Waals surface area contributed by atoms with Gasteiger partial charge in [-0.15, -0.1) is 11.3 Å². The fourth-order valence-corrected chi connectivity index (χ4v) is 3.65. The van der Waals surface area contributed by atoms with Gasteiger partial charge in [0.25, 0.3) is 0 Å². The van der Waals surface area contributed by atoms with Crippen molar-refractivity contribution in [3.63, 3.8) is 0 Å². The van der Waals surface area contributed by atoms with Crippen LogP contribution in [-0.4, -0.2) is 61.5 Å². The molecule has 1 aromatic rings. The normalized spacial score (nSPS) is 29.1. The second-order valence-electron chi connectivity index (χ2n) is 5.28. The Balaban J connectivity index is 1.60. The number of hydrogen-bond donors (Lipinski definition) is 0. The van der Waals surface area contributed by atoms with Gasteiger partial charge in [0.15, 0.2) is 5.13 Å². The first-order valence-corrected chi connectivity index (χ1v) is 7.61. The van der Waals surface area contributed by atoms with Crippen LogP contribution < -0.4 is 4.90 Å². The Kier molecular flexibility index (Phi) is 3.73. The third kappa shape index (κ3) is 2.61. The Morgan fingerprint density at radius 2 is 1.95 bits per heavy atom. The van der Waals surface area contributed by atoms with Crippen LogP contribution in [0.1, 0.15) is 10.6 Å². The molecule has 6 heteroatoms. The highest BCUT2D eigenvalue weighted by Crippen LogP contribution is 2.27. The summed E-state index contributed by atoms with van der Waals surface area (Å²) in [5.41, 5.74) is 1.12. The van der Waals surface area contributed by atoms with Gasteiger partial charge < -0.3 is 9.64 Å². The van der Waals surface area contributed by atoms with Crippen molar-refractivity contribution in [1.29, 1.82) is 0 Å². The van der Waals surface area contributed by atoms with Gasteiger partial charge in [-0.1, -0.05) is 0 Å². The van der Waals surface area contributed by atoms with Gasteiger partial charge in [0.2, 0.25) is 0 Å². The van der Waals surface area contributed by atoms with Gasteiger partial charge in [0.1, 0.15) is 6.17 Å². The summed E-state index contributed by atoms with van der Waals surface area (Å²) in [7, 11) is 0. The van der Waals surface area contributed by atoms with E-state index in [-0.39, 0.29) is 12.6 Å². The van der Waals surface area contributed by atoms with Crippen molar-refractivity contribution in [2.75, 3.05) is 44.3 Å². The number of aryl methyl sites for hydroxylation is 2. The van der Waals surface area contributed by atoms with Crippen LogP contribution in [0.5, 0.6) is 0 Å². The molecule has 1 aromatic heterocycles. The van der Waals surface area contributed by atoms with E-state index in [0.29, 0.717) is 6.61 Å². The van der Waals surface area contributed by atoms with Crippen molar-refractivity contribution in [3.05, 3.63) is 10.6 Å². The number of aromatic nitrogens is 1. The lowest BCUT2D eigenvalue weighted by Gasteiger charge is -2.37. The average molecular weight is 285 g/mol. The molecule has 0 N–H and O–H groups in total. The number of rotatable bonds is 2. The van der Waals surface area contributed by atoms with E-state index in [2.05, 4.69) is 28.6 Å². The number of anilines is 1. The second-order valence-corrected chi connectivity index (χ2v) is 6.46. The number of thiazole rings is 1. The van der Waals surface area contributed by atoms with Gasteiger partial charge in [0.05, 0.1) is 24.9 Å². The van der Waals surface area contributed by atoms with Crippen molar-refractivity contribution in [1.82, 2.24) is 9.88 Å². The Bertz CT molecular complexity index is 426. The van der Waals surface area contributed by atoms with Crippen LogP contribution >= 0.6 is 11.3 Å². The summed E-state index contributed by atoms with van der Waals surface area (Å²) >= 11 is 1.75. The predicted molar refractivity (Wildman–Crippen MR) is 74.9 cm³/mol. The zero-order valence-corrected chi connectivity index (χ0v) is 12.2. The maximum Gasteiger partial charge on any atom is 0.185 e. The van der Waals surface area contributed by atoms with E-state index in [0.717, 1.165) is 37.0 Å². The number of ether oxygens (including phenoxy) is 1. The summed E-state index contributed by atoms with van der Waals surface area (Å²) in [6, 6.07) is -0.0399. The van der Waals surface area contributed by atoms with E-state index < -0.39 is 6.17 Å². The highest BCUT2D eigenvalue weighted by atomic mass is 32.1. The van der Waals surface area contributed by atoms with Gasteiger partial charge >= 0.3 is 0 Å². The quantitative estimate of drug-likeness (QED) is 0.825. The Hall–Kier alpha value is -0.720. The van der Waals surface area contributed by atoms with Crippen LogP contribution in [0.15, 0.2) is 0 Å². The first-order chi connectivity index (χ1) is 9.15. The number of alkyl halides is 1. The summed E-state index contributed by atoms with van der Waals surface area (Å²) in [4.78, 5) is 10.4. The zero-order valence-electron chi connectivity index (χ0n) is 11.4. The van der Waals surface area contributed by atoms with Crippen LogP contribution in [0.2, 0.25) is 0 Å². The summed E-state index contributed by atoms with van der Waals surface area (Å²) in [6.07, 6.45) is -0.823. The highest BCUT2D eigenvalue weighted by Gasteiger charge is 2.35. The highest BCUT2D eigenvalue weighted by molar-refractivity contribution is 7.15. The summed E-state index contributed by atoms with van der Waals surface area (Å²) in [6.45, 7) is 8.60. The van der Waals surface area contributed by atoms with Crippen LogP contribution in [0.3, 0.4) is 0 Å². The average Bonchev–Trinajstić information content (AvgIpc) is 2.97. The molecule has 0 bridgehead atoms. The lowest BCUT2D eigenvalue weighted by Crippen LogP contribution is -2.53. The van der Waals surface area contributed by atoms with Crippen LogP contribution in [0, 0.1) is 13.8 Å². The Morgan fingerprint density at radius 1 is 1.21 bits per heavy atom. The molecular weight excluding hydrogens is 265 g/mol. The topological polar surface area (TPSA) is 28.6 Å². The molecule has 0 unspecified atom stereocenters.